The molecule has 0 bridgehead atoms. The Bertz CT molecular complexity index is 2730. The number of para-hydroxylation sites is 2. The second-order valence-electron chi connectivity index (χ2n) is 11.4. The van der Waals surface area contributed by atoms with Crippen LogP contribution < -0.4 is 0 Å². The van der Waals surface area contributed by atoms with E-state index in [0.717, 1.165) is 71.5 Å². The maximum absolute atomic E-state index is 6.70. The van der Waals surface area contributed by atoms with E-state index in [1.54, 1.807) is 0 Å². The first-order chi connectivity index (χ1) is 21.8. The molecule has 0 aliphatic carbocycles. The predicted octanol–water partition coefficient (Wildman–Crippen LogP) is 10.6. The fourth-order valence-corrected chi connectivity index (χ4v) is 7.08. The lowest BCUT2D eigenvalue weighted by Crippen LogP contribution is -1.94. The summed E-state index contributed by atoms with van der Waals surface area (Å²) >= 11 is 0. The number of furan rings is 1. The van der Waals surface area contributed by atoms with Crippen LogP contribution in [0.4, 0.5) is 0 Å². The number of benzene rings is 6. The van der Waals surface area contributed by atoms with Crippen molar-refractivity contribution in [3.8, 4) is 16.9 Å². The highest BCUT2D eigenvalue weighted by Gasteiger charge is 2.20. The van der Waals surface area contributed by atoms with Crippen LogP contribution >= 0.6 is 0 Å². The van der Waals surface area contributed by atoms with Crippen molar-refractivity contribution >= 4 is 76.3 Å². The van der Waals surface area contributed by atoms with Gasteiger partial charge in [0.2, 0.25) is 0 Å². The first kappa shape index (κ1) is 23.6. The molecule has 0 N–H and O–H groups in total. The van der Waals surface area contributed by atoms with Crippen molar-refractivity contribution in [2.75, 3.05) is 0 Å². The number of nitrogens with zero attached hydrogens (tertiary/aromatic N) is 3. The molecule has 204 valence electrons. The Morgan fingerprint density at radius 2 is 1.20 bits per heavy atom. The lowest BCUT2D eigenvalue weighted by Gasteiger charge is -2.11. The zero-order chi connectivity index (χ0) is 28.8. The van der Waals surface area contributed by atoms with Crippen molar-refractivity contribution in [2.45, 2.75) is 0 Å². The van der Waals surface area contributed by atoms with E-state index < -0.39 is 0 Å². The molecular formula is C40H23N3O. The first-order valence-electron chi connectivity index (χ1n) is 14.8. The van der Waals surface area contributed by atoms with E-state index in [2.05, 4.69) is 132 Å². The van der Waals surface area contributed by atoms with E-state index in [0.29, 0.717) is 0 Å². The number of aromatic nitrogens is 3. The van der Waals surface area contributed by atoms with E-state index in [-0.39, 0.29) is 0 Å². The summed E-state index contributed by atoms with van der Waals surface area (Å²) < 4.78 is 9.08. The van der Waals surface area contributed by atoms with Crippen LogP contribution in [0.2, 0.25) is 0 Å². The Balaban J connectivity index is 1.33. The minimum absolute atomic E-state index is 0.864. The number of rotatable bonds is 2. The highest BCUT2D eigenvalue weighted by Crippen LogP contribution is 2.43. The van der Waals surface area contributed by atoms with Gasteiger partial charge >= 0.3 is 0 Å². The summed E-state index contributed by atoms with van der Waals surface area (Å²) in [5.41, 5.74) is 9.01. The quantitative estimate of drug-likeness (QED) is 0.197. The van der Waals surface area contributed by atoms with Crippen LogP contribution in [0.3, 0.4) is 0 Å². The van der Waals surface area contributed by atoms with Crippen LogP contribution in [0.25, 0.3) is 93.3 Å². The Morgan fingerprint density at radius 1 is 0.523 bits per heavy atom. The van der Waals surface area contributed by atoms with Gasteiger partial charge in [0.1, 0.15) is 11.2 Å². The minimum Gasteiger partial charge on any atom is -0.455 e. The summed E-state index contributed by atoms with van der Waals surface area (Å²) in [5, 5.41) is 8.98. The molecule has 4 heteroatoms. The molecule has 0 fully saturated rings. The summed E-state index contributed by atoms with van der Waals surface area (Å²) in [7, 11) is 0. The summed E-state index contributed by atoms with van der Waals surface area (Å²) in [6.45, 7) is 0. The fourth-order valence-electron chi connectivity index (χ4n) is 7.08. The average molecular weight is 562 g/mol. The number of hydrogen-bond acceptors (Lipinski definition) is 3. The second-order valence-corrected chi connectivity index (χ2v) is 11.4. The predicted molar refractivity (Wildman–Crippen MR) is 182 cm³/mol. The normalized spacial score (nSPS) is 12.1. The molecule has 0 aliphatic rings. The van der Waals surface area contributed by atoms with Gasteiger partial charge in [-0.25, -0.2) is 4.98 Å². The van der Waals surface area contributed by atoms with Crippen LogP contribution in [0.15, 0.2) is 144 Å². The smallest absolute Gasteiger partial charge is 0.143 e. The lowest BCUT2D eigenvalue weighted by atomic mass is 9.97. The summed E-state index contributed by atoms with van der Waals surface area (Å²) in [6, 6.07) is 47.0. The van der Waals surface area contributed by atoms with Crippen LogP contribution in [0.5, 0.6) is 0 Å². The maximum atomic E-state index is 6.70. The molecule has 0 saturated carbocycles. The second kappa shape index (κ2) is 8.76. The molecule has 10 rings (SSSR count). The SMILES string of the molecule is c1cnc2c(c1)ccc1ccc(-c3cc4c(oc5cccc(-n6c7ccccc7c7ccccc76)c54)c4ccccc34)nc12. The highest BCUT2D eigenvalue weighted by atomic mass is 16.3. The molecule has 0 unspecified atom stereocenters. The maximum Gasteiger partial charge on any atom is 0.143 e. The molecule has 4 heterocycles. The molecule has 0 amide bonds. The summed E-state index contributed by atoms with van der Waals surface area (Å²) in [6.07, 6.45) is 1.84. The largest absolute Gasteiger partial charge is 0.455 e. The molecule has 0 aliphatic heterocycles. The van der Waals surface area contributed by atoms with Crippen LogP contribution in [-0.4, -0.2) is 14.5 Å². The van der Waals surface area contributed by atoms with Crippen molar-refractivity contribution in [3.05, 3.63) is 140 Å². The first-order valence-corrected chi connectivity index (χ1v) is 14.8. The Labute approximate surface area is 251 Å². The van der Waals surface area contributed by atoms with E-state index in [1.807, 2.05) is 12.3 Å². The van der Waals surface area contributed by atoms with Gasteiger partial charge in [-0.2, -0.15) is 0 Å². The van der Waals surface area contributed by atoms with Crippen molar-refractivity contribution < 1.29 is 4.42 Å². The van der Waals surface area contributed by atoms with Crippen LogP contribution in [-0.2, 0) is 0 Å². The standard InChI is InChI=1S/C40H23N3O/c1-2-13-29-26(10-1)30(32-21-20-25-19-18-24-9-8-22-41-38(24)39(25)42-32)23-31-37-35(16-7-17-36(37)44-40(29)31)43-33-14-5-3-11-27(33)28-12-4-6-15-34(28)43/h1-23H. The van der Waals surface area contributed by atoms with Crippen molar-refractivity contribution in [3.63, 3.8) is 0 Å². The number of fused-ring (bicyclic) bond motifs is 11. The van der Waals surface area contributed by atoms with Gasteiger partial charge in [-0.05, 0) is 47.9 Å². The third kappa shape index (κ3) is 3.17. The van der Waals surface area contributed by atoms with Gasteiger partial charge in [-0.1, -0.05) is 91.0 Å². The lowest BCUT2D eigenvalue weighted by molar-refractivity contribution is 0.672. The van der Waals surface area contributed by atoms with Crippen LogP contribution in [0.1, 0.15) is 0 Å². The molecule has 44 heavy (non-hydrogen) atoms. The topological polar surface area (TPSA) is 43.9 Å². The summed E-state index contributed by atoms with van der Waals surface area (Å²) in [5.74, 6) is 0. The van der Waals surface area contributed by atoms with E-state index in [4.69, 9.17) is 14.4 Å². The molecule has 4 aromatic heterocycles. The molecule has 10 aromatic rings. The number of pyridine rings is 2. The minimum atomic E-state index is 0.864. The molecule has 6 aromatic carbocycles. The van der Waals surface area contributed by atoms with Crippen molar-refractivity contribution in [2.24, 2.45) is 0 Å². The van der Waals surface area contributed by atoms with Crippen molar-refractivity contribution in [1.29, 1.82) is 0 Å². The highest BCUT2D eigenvalue weighted by molar-refractivity contribution is 6.22. The van der Waals surface area contributed by atoms with Gasteiger partial charge in [-0.15, -0.1) is 0 Å². The van der Waals surface area contributed by atoms with Gasteiger partial charge < -0.3 is 8.98 Å². The van der Waals surface area contributed by atoms with Gasteiger partial charge in [0.25, 0.3) is 0 Å². The molecule has 0 spiro atoms. The van der Waals surface area contributed by atoms with Gasteiger partial charge in [0, 0.05) is 44.1 Å². The van der Waals surface area contributed by atoms with Crippen molar-refractivity contribution in [1.82, 2.24) is 14.5 Å². The zero-order valence-electron chi connectivity index (χ0n) is 23.5. The molecule has 0 atom stereocenters. The van der Waals surface area contributed by atoms with E-state index >= 15 is 0 Å². The molecular weight excluding hydrogens is 538 g/mol. The van der Waals surface area contributed by atoms with Gasteiger partial charge in [0.15, 0.2) is 0 Å². The van der Waals surface area contributed by atoms with E-state index in [9.17, 15) is 0 Å². The molecule has 0 saturated heterocycles. The zero-order valence-corrected chi connectivity index (χ0v) is 23.5. The fraction of sp³-hybridized carbons (Fsp3) is 0. The van der Waals surface area contributed by atoms with Crippen LogP contribution in [0, 0.1) is 0 Å². The Morgan fingerprint density at radius 3 is 2.00 bits per heavy atom. The Hall–Kier alpha value is -6.00. The third-order valence-corrected chi connectivity index (χ3v) is 9.01. The number of hydrogen-bond donors (Lipinski definition) is 0. The third-order valence-electron chi connectivity index (χ3n) is 9.01. The van der Waals surface area contributed by atoms with Gasteiger partial charge in [-0.3, -0.25) is 4.98 Å². The molecule has 4 nitrogen and oxygen atoms in total. The monoisotopic (exact) mass is 561 g/mol. The summed E-state index contributed by atoms with van der Waals surface area (Å²) in [4.78, 5) is 9.95. The van der Waals surface area contributed by atoms with Gasteiger partial charge in [0.05, 0.1) is 38.8 Å². The average Bonchev–Trinajstić information content (AvgIpc) is 3.64. The van der Waals surface area contributed by atoms with E-state index in [1.165, 1.54) is 21.8 Å². The molecule has 0 radical (unpaired) electrons. The Kier molecular flexibility index (Phi) is 4.69.